The summed E-state index contributed by atoms with van der Waals surface area (Å²) in [6, 6.07) is 5.45. The fraction of sp³-hybridized carbons (Fsp3) is 0.500. The van der Waals surface area contributed by atoms with Gasteiger partial charge in [0.15, 0.2) is 11.5 Å². The Hall–Kier alpha value is -2.24. The number of amides is 2. The van der Waals surface area contributed by atoms with Gasteiger partial charge in [0.05, 0.1) is 6.04 Å². The Labute approximate surface area is 128 Å². The average Bonchev–Trinajstić information content (AvgIpc) is 3.10. The van der Waals surface area contributed by atoms with Gasteiger partial charge in [0.25, 0.3) is 0 Å². The van der Waals surface area contributed by atoms with Crippen LogP contribution < -0.4 is 9.47 Å². The smallest absolute Gasteiger partial charge is 0.416 e. The van der Waals surface area contributed by atoms with E-state index in [0.29, 0.717) is 12.2 Å². The zero-order valence-electron chi connectivity index (χ0n) is 12.7. The molecule has 3 rings (SSSR count). The van der Waals surface area contributed by atoms with Crippen LogP contribution in [0, 0.1) is 5.92 Å². The monoisotopic (exact) mass is 305 g/mol. The Balaban J connectivity index is 1.63. The summed E-state index contributed by atoms with van der Waals surface area (Å²) >= 11 is 0. The Morgan fingerprint density at radius 2 is 2.05 bits per heavy atom. The van der Waals surface area contributed by atoms with Crippen LogP contribution in [0.25, 0.3) is 0 Å². The molecule has 0 N–H and O–H groups in total. The van der Waals surface area contributed by atoms with E-state index in [2.05, 4.69) is 0 Å². The molecule has 1 aromatic carbocycles. The van der Waals surface area contributed by atoms with E-state index in [9.17, 15) is 9.59 Å². The van der Waals surface area contributed by atoms with Crippen molar-refractivity contribution < 1.29 is 23.8 Å². The fourth-order valence-corrected chi connectivity index (χ4v) is 2.68. The van der Waals surface area contributed by atoms with Crippen molar-refractivity contribution in [2.75, 3.05) is 13.4 Å². The van der Waals surface area contributed by atoms with Crippen LogP contribution in [0.5, 0.6) is 11.5 Å². The van der Waals surface area contributed by atoms with Gasteiger partial charge in [-0.1, -0.05) is 19.9 Å². The molecule has 2 aliphatic heterocycles. The van der Waals surface area contributed by atoms with Crippen molar-refractivity contribution >= 4 is 12.0 Å². The highest BCUT2D eigenvalue weighted by Gasteiger charge is 2.39. The van der Waals surface area contributed by atoms with E-state index in [-0.39, 0.29) is 37.7 Å². The number of hydrogen-bond acceptors (Lipinski definition) is 5. The van der Waals surface area contributed by atoms with Crippen molar-refractivity contribution in [3.05, 3.63) is 23.8 Å². The van der Waals surface area contributed by atoms with Crippen LogP contribution in [-0.4, -0.2) is 36.3 Å². The lowest BCUT2D eigenvalue weighted by molar-refractivity contribution is -0.129. The molecule has 0 radical (unpaired) electrons. The number of hydrogen-bond donors (Lipinski definition) is 0. The standard InChI is InChI=1S/C16H19NO5/c1-10(2)12-8-20-16(19)17(12)15(18)6-4-11-3-5-13-14(7-11)22-9-21-13/h3,5,7,10,12H,4,6,8-9H2,1-2H3/t12-/m1/s1. The molecule has 0 aromatic heterocycles. The lowest BCUT2D eigenvalue weighted by Gasteiger charge is -2.22. The second-order valence-corrected chi connectivity index (χ2v) is 5.84. The van der Waals surface area contributed by atoms with E-state index in [1.807, 2.05) is 32.0 Å². The van der Waals surface area contributed by atoms with Gasteiger partial charge in [-0.25, -0.2) is 9.69 Å². The molecule has 6 heteroatoms. The van der Waals surface area contributed by atoms with E-state index in [1.54, 1.807) is 0 Å². The SMILES string of the molecule is CC(C)[C@H]1COC(=O)N1C(=O)CCc1ccc2c(c1)OCO2. The molecule has 0 bridgehead atoms. The maximum atomic E-state index is 12.3. The van der Waals surface area contributed by atoms with Crippen LogP contribution in [0.2, 0.25) is 0 Å². The first-order chi connectivity index (χ1) is 10.6. The molecule has 0 saturated carbocycles. The molecular formula is C16H19NO5. The van der Waals surface area contributed by atoms with Gasteiger partial charge in [-0.3, -0.25) is 4.79 Å². The summed E-state index contributed by atoms with van der Waals surface area (Å²) in [5.74, 6) is 1.41. The quantitative estimate of drug-likeness (QED) is 0.854. The van der Waals surface area contributed by atoms with Crippen LogP contribution in [-0.2, 0) is 16.0 Å². The molecule has 2 heterocycles. The van der Waals surface area contributed by atoms with Crippen molar-refractivity contribution in [1.82, 2.24) is 4.90 Å². The molecule has 2 amide bonds. The number of carbonyl (C=O) groups is 2. The Bertz CT molecular complexity index is 598. The average molecular weight is 305 g/mol. The fourth-order valence-electron chi connectivity index (χ4n) is 2.68. The molecular weight excluding hydrogens is 286 g/mol. The van der Waals surface area contributed by atoms with E-state index in [4.69, 9.17) is 14.2 Å². The summed E-state index contributed by atoms with van der Waals surface area (Å²) in [5.41, 5.74) is 0.978. The van der Waals surface area contributed by atoms with Crippen molar-refractivity contribution in [3.8, 4) is 11.5 Å². The first-order valence-electron chi connectivity index (χ1n) is 7.43. The largest absolute Gasteiger partial charge is 0.454 e. The molecule has 6 nitrogen and oxygen atoms in total. The molecule has 2 aliphatic rings. The molecule has 1 saturated heterocycles. The highest BCUT2D eigenvalue weighted by molar-refractivity contribution is 5.93. The minimum Gasteiger partial charge on any atom is -0.454 e. The molecule has 0 aliphatic carbocycles. The minimum atomic E-state index is -0.533. The number of nitrogens with zero attached hydrogens (tertiary/aromatic N) is 1. The summed E-state index contributed by atoms with van der Waals surface area (Å²) in [6.07, 6.45) is 0.275. The van der Waals surface area contributed by atoms with Crippen molar-refractivity contribution in [2.24, 2.45) is 5.92 Å². The summed E-state index contributed by atoms with van der Waals surface area (Å²) in [5, 5.41) is 0. The van der Waals surface area contributed by atoms with Crippen LogP contribution >= 0.6 is 0 Å². The van der Waals surface area contributed by atoms with Gasteiger partial charge in [0.2, 0.25) is 12.7 Å². The zero-order valence-corrected chi connectivity index (χ0v) is 12.7. The first-order valence-corrected chi connectivity index (χ1v) is 7.43. The number of ether oxygens (including phenoxy) is 3. The number of aryl methyl sites for hydroxylation is 1. The number of cyclic esters (lactones) is 1. The number of rotatable bonds is 4. The molecule has 1 fully saturated rings. The molecule has 22 heavy (non-hydrogen) atoms. The molecule has 118 valence electrons. The van der Waals surface area contributed by atoms with Gasteiger partial charge in [0.1, 0.15) is 6.61 Å². The number of benzene rings is 1. The van der Waals surface area contributed by atoms with Crippen LogP contribution in [0.4, 0.5) is 4.79 Å². The molecule has 1 aromatic rings. The van der Waals surface area contributed by atoms with Crippen LogP contribution in [0.3, 0.4) is 0 Å². The summed E-state index contributed by atoms with van der Waals surface area (Å²) in [7, 11) is 0. The second-order valence-electron chi connectivity index (χ2n) is 5.84. The third kappa shape index (κ3) is 2.73. The number of imide groups is 1. The third-order valence-corrected chi connectivity index (χ3v) is 4.01. The van der Waals surface area contributed by atoms with Crippen molar-refractivity contribution in [2.45, 2.75) is 32.7 Å². The lowest BCUT2D eigenvalue weighted by Crippen LogP contribution is -2.41. The molecule has 0 spiro atoms. The number of carbonyl (C=O) groups excluding carboxylic acids is 2. The van der Waals surface area contributed by atoms with Gasteiger partial charge in [-0.2, -0.15) is 0 Å². The summed E-state index contributed by atoms with van der Waals surface area (Å²) < 4.78 is 15.6. The van der Waals surface area contributed by atoms with Gasteiger partial charge in [-0.05, 0) is 30.0 Å². The third-order valence-electron chi connectivity index (χ3n) is 4.01. The van der Waals surface area contributed by atoms with Gasteiger partial charge in [0, 0.05) is 6.42 Å². The minimum absolute atomic E-state index is 0.170. The number of fused-ring (bicyclic) bond motifs is 1. The maximum absolute atomic E-state index is 12.3. The zero-order chi connectivity index (χ0) is 15.7. The van der Waals surface area contributed by atoms with Gasteiger partial charge >= 0.3 is 6.09 Å². The Morgan fingerprint density at radius 1 is 1.27 bits per heavy atom. The van der Waals surface area contributed by atoms with Crippen LogP contribution in [0.1, 0.15) is 25.8 Å². The summed E-state index contributed by atoms with van der Waals surface area (Å²) in [6.45, 7) is 4.47. The highest BCUT2D eigenvalue weighted by atomic mass is 16.7. The topological polar surface area (TPSA) is 65.1 Å². The Morgan fingerprint density at radius 3 is 2.82 bits per heavy atom. The van der Waals surface area contributed by atoms with E-state index < -0.39 is 6.09 Å². The van der Waals surface area contributed by atoms with Gasteiger partial charge < -0.3 is 14.2 Å². The first kappa shape index (κ1) is 14.7. The van der Waals surface area contributed by atoms with Crippen molar-refractivity contribution in [3.63, 3.8) is 0 Å². The van der Waals surface area contributed by atoms with Gasteiger partial charge in [-0.15, -0.1) is 0 Å². The maximum Gasteiger partial charge on any atom is 0.416 e. The van der Waals surface area contributed by atoms with E-state index >= 15 is 0 Å². The summed E-state index contributed by atoms with van der Waals surface area (Å²) in [4.78, 5) is 25.4. The lowest BCUT2D eigenvalue weighted by atomic mass is 10.0. The predicted octanol–water partition coefficient (Wildman–Crippen LogP) is 2.35. The predicted molar refractivity (Wildman–Crippen MR) is 77.7 cm³/mol. The van der Waals surface area contributed by atoms with Crippen LogP contribution in [0.15, 0.2) is 18.2 Å². The molecule has 0 unspecified atom stereocenters. The molecule has 1 atom stereocenters. The van der Waals surface area contributed by atoms with Crippen molar-refractivity contribution in [1.29, 1.82) is 0 Å². The van der Waals surface area contributed by atoms with E-state index in [0.717, 1.165) is 11.3 Å². The second kappa shape index (κ2) is 5.87. The normalized spacial score (nSPS) is 19.7. The Kier molecular flexibility index (Phi) is 3.92. The van der Waals surface area contributed by atoms with E-state index in [1.165, 1.54) is 4.90 Å². The highest BCUT2D eigenvalue weighted by Crippen LogP contribution is 2.33.